The number of hydrogen-bond donors (Lipinski definition) is 3. The lowest BCUT2D eigenvalue weighted by Crippen LogP contribution is -2.41. The number of carbonyl (C=O) groups is 2. The molecule has 0 aliphatic carbocycles. The molecule has 2 amide bonds. The fraction of sp³-hybridized carbons (Fsp3) is 0.889. The Kier molecular flexibility index (Phi) is 27.0. The molecule has 0 heterocycles. The Bertz CT molecular complexity index is 360. The van der Waals surface area contributed by atoms with Crippen molar-refractivity contribution in [1.82, 2.24) is 16.0 Å². The smallest absolute Gasteiger partial charge is 0.234 e. The first kappa shape index (κ1) is 31.1. The molecule has 180 valence electrons. The van der Waals surface area contributed by atoms with E-state index in [0.717, 1.165) is 0 Å². The van der Waals surface area contributed by atoms with Crippen molar-refractivity contribution in [1.29, 1.82) is 0 Å². The summed E-state index contributed by atoms with van der Waals surface area (Å²) in [6, 6.07) is 0. The number of rotatable bonds is 22. The van der Waals surface area contributed by atoms with Gasteiger partial charge in [0.15, 0.2) is 0 Å². The van der Waals surface area contributed by atoms with Crippen molar-refractivity contribution in [3.05, 3.63) is 0 Å². The van der Waals surface area contributed by atoms with Gasteiger partial charge in [-0.3, -0.25) is 14.9 Å². The Morgan fingerprint density at radius 2 is 0.900 bits per heavy atom. The van der Waals surface area contributed by atoms with Crippen LogP contribution in [-0.2, 0) is 38.0 Å². The monoisotopic (exact) mass is 459 g/mol. The standard InChI is InChI=1S/C18H37N3O8.ClH/c1-24-7-9-28-13-11-26-5-3-20-17(22)15-19-16-18(23)21-4-6-27-12-14-29-10-8-25-2;/h19H,3-16H2,1-2H3,(H,20,22)(H,21,23);1H. The summed E-state index contributed by atoms with van der Waals surface area (Å²) in [6.07, 6.45) is 0. The maximum Gasteiger partial charge on any atom is 0.234 e. The number of ether oxygens (including phenoxy) is 6. The molecular formula is C18H38ClN3O8. The van der Waals surface area contributed by atoms with Crippen LogP contribution < -0.4 is 16.0 Å². The van der Waals surface area contributed by atoms with Crippen molar-refractivity contribution in [3.8, 4) is 0 Å². The maximum absolute atomic E-state index is 11.6. The van der Waals surface area contributed by atoms with Gasteiger partial charge < -0.3 is 39.1 Å². The van der Waals surface area contributed by atoms with Crippen LogP contribution in [0, 0.1) is 0 Å². The lowest BCUT2D eigenvalue weighted by atomic mass is 10.5. The van der Waals surface area contributed by atoms with E-state index in [1.165, 1.54) is 0 Å². The molecular weight excluding hydrogens is 422 g/mol. The highest BCUT2D eigenvalue weighted by molar-refractivity contribution is 5.85. The first-order valence-corrected chi connectivity index (χ1v) is 9.73. The second-order valence-electron chi connectivity index (χ2n) is 5.74. The van der Waals surface area contributed by atoms with Gasteiger partial charge in [-0.05, 0) is 0 Å². The molecule has 12 heteroatoms. The van der Waals surface area contributed by atoms with Gasteiger partial charge in [0.25, 0.3) is 0 Å². The molecule has 0 aromatic carbocycles. The van der Waals surface area contributed by atoms with E-state index in [1.54, 1.807) is 14.2 Å². The summed E-state index contributed by atoms with van der Waals surface area (Å²) in [5.74, 6) is -0.399. The Hall–Kier alpha value is -1.05. The molecule has 0 rings (SSSR count). The molecule has 0 saturated carbocycles. The molecule has 0 aromatic rings. The number of nitrogens with one attached hydrogen (secondary N) is 3. The second-order valence-corrected chi connectivity index (χ2v) is 5.74. The van der Waals surface area contributed by atoms with Crippen LogP contribution in [0.5, 0.6) is 0 Å². The molecule has 0 fully saturated rings. The minimum atomic E-state index is -0.199. The molecule has 0 saturated heterocycles. The lowest BCUT2D eigenvalue weighted by Gasteiger charge is -2.09. The van der Waals surface area contributed by atoms with Crippen LogP contribution in [0.25, 0.3) is 0 Å². The number of halogens is 1. The van der Waals surface area contributed by atoms with Gasteiger partial charge in [0.1, 0.15) is 0 Å². The van der Waals surface area contributed by atoms with Gasteiger partial charge in [0.2, 0.25) is 11.8 Å². The van der Waals surface area contributed by atoms with E-state index in [4.69, 9.17) is 28.4 Å². The Labute approximate surface area is 185 Å². The van der Waals surface area contributed by atoms with E-state index < -0.39 is 0 Å². The number of carbonyl (C=O) groups excluding carboxylic acids is 2. The van der Waals surface area contributed by atoms with E-state index in [2.05, 4.69) is 16.0 Å². The molecule has 0 aliphatic heterocycles. The second kappa shape index (κ2) is 26.0. The summed E-state index contributed by atoms with van der Waals surface area (Å²) >= 11 is 0. The van der Waals surface area contributed by atoms with E-state index in [9.17, 15) is 9.59 Å². The highest BCUT2D eigenvalue weighted by Crippen LogP contribution is 1.80. The predicted octanol–water partition coefficient (Wildman–Crippen LogP) is -1.41. The van der Waals surface area contributed by atoms with Gasteiger partial charge in [-0.1, -0.05) is 0 Å². The summed E-state index contributed by atoms with van der Waals surface area (Å²) in [6.45, 7) is 5.79. The van der Waals surface area contributed by atoms with Crippen LogP contribution in [0.3, 0.4) is 0 Å². The zero-order chi connectivity index (χ0) is 21.4. The Morgan fingerprint density at radius 1 is 0.567 bits per heavy atom. The van der Waals surface area contributed by atoms with Gasteiger partial charge in [-0.15, -0.1) is 12.4 Å². The minimum Gasteiger partial charge on any atom is -0.382 e. The zero-order valence-corrected chi connectivity index (χ0v) is 18.9. The molecule has 0 bridgehead atoms. The normalized spacial score (nSPS) is 10.5. The van der Waals surface area contributed by atoms with Crippen LogP contribution in [0.15, 0.2) is 0 Å². The quantitative estimate of drug-likeness (QED) is 0.167. The maximum atomic E-state index is 11.6. The molecule has 0 aliphatic rings. The van der Waals surface area contributed by atoms with Gasteiger partial charge in [-0.25, -0.2) is 0 Å². The van der Waals surface area contributed by atoms with Crippen LogP contribution in [0.4, 0.5) is 0 Å². The van der Waals surface area contributed by atoms with Crippen molar-refractivity contribution in [2.75, 3.05) is 106 Å². The Morgan fingerprint density at radius 3 is 1.27 bits per heavy atom. The van der Waals surface area contributed by atoms with Crippen molar-refractivity contribution in [2.45, 2.75) is 0 Å². The van der Waals surface area contributed by atoms with Crippen molar-refractivity contribution >= 4 is 24.2 Å². The molecule has 0 atom stereocenters. The molecule has 0 unspecified atom stereocenters. The topological polar surface area (TPSA) is 126 Å². The van der Waals surface area contributed by atoms with Gasteiger partial charge in [-0.2, -0.15) is 0 Å². The highest BCUT2D eigenvalue weighted by Gasteiger charge is 2.03. The van der Waals surface area contributed by atoms with Crippen LogP contribution in [0.1, 0.15) is 0 Å². The molecule has 0 radical (unpaired) electrons. The first-order chi connectivity index (χ1) is 14.2. The van der Waals surface area contributed by atoms with Gasteiger partial charge >= 0.3 is 0 Å². The fourth-order valence-corrected chi connectivity index (χ4v) is 1.87. The van der Waals surface area contributed by atoms with E-state index >= 15 is 0 Å². The largest absolute Gasteiger partial charge is 0.382 e. The number of amides is 2. The summed E-state index contributed by atoms with van der Waals surface area (Å²) < 4.78 is 30.8. The third-order valence-electron chi connectivity index (χ3n) is 3.32. The minimum absolute atomic E-state index is 0. The summed E-state index contributed by atoms with van der Waals surface area (Å²) in [7, 11) is 3.23. The van der Waals surface area contributed by atoms with E-state index in [-0.39, 0.29) is 37.3 Å². The molecule has 0 spiro atoms. The SMILES string of the molecule is COCCOCCOCCNC(=O)CNCC(=O)NCCOCCOCCOC.Cl. The van der Waals surface area contributed by atoms with Crippen LogP contribution in [0.2, 0.25) is 0 Å². The zero-order valence-electron chi connectivity index (χ0n) is 18.1. The third-order valence-corrected chi connectivity index (χ3v) is 3.32. The predicted molar refractivity (Wildman–Crippen MR) is 113 cm³/mol. The van der Waals surface area contributed by atoms with Gasteiger partial charge in [0, 0.05) is 27.3 Å². The van der Waals surface area contributed by atoms with Crippen molar-refractivity contribution < 1.29 is 38.0 Å². The van der Waals surface area contributed by atoms with E-state index in [1.807, 2.05) is 0 Å². The van der Waals surface area contributed by atoms with Crippen molar-refractivity contribution in [2.24, 2.45) is 0 Å². The number of hydrogen-bond acceptors (Lipinski definition) is 9. The molecule has 3 N–H and O–H groups in total. The average Bonchev–Trinajstić information content (AvgIpc) is 2.71. The summed E-state index contributed by atoms with van der Waals surface area (Å²) in [5, 5.41) is 8.16. The van der Waals surface area contributed by atoms with E-state index in [0.29, 0.717) is 79.2 Å². The van der Waals surface area contributed by atoms with Crippen molar-refractivity contribution in [3.63, 3.8) is 0 Å². The van der Waals surface area contributed by atoms with Gasteiger partial charge in [0.05, 0.1) is 79.2 Å². The average molecular weight is 460 g/mol. The molecule has 11 nitrogen and oxygen atoms in total. The van der Waals surface area contributed by atoms with Crippen LogP contribution >= 0.6 is 12.4 Å². The molecule has 0 aromatic heterocycles. The summed E-state index contributed by atoms with van der Waals surface area (Å²) in [5.41, 5.74) is 0. The third kappa shape index (κ3) is 25.0. The van der Waals surface area contributed by atoms with Crippen LogP contribution in [-0.4, -0.2) is 118 Å². The lowest BCUT2D eigenvalue weighted by molar-refractivity contribution is -0.121. The number of methoxy groups -OCH3 is 2. The highest BCUT2D eigenvalue weighted by atomic mass is 35.5. The first-order valence-electron chi connectivity index (χ1n) is 9.73. The summed E-state index contributed by atoms with van der Waals surface area (Å²) in [4.78, 5) is 23.2. The Balaban J connectivity index is 0. The molecule has 30 heavy (non-hydrogen) atoms. The fourth-order valence-electron chi connectivity index (χ4n) is 1.87.